The Labute approximate surface area is 136 Å². The molecule has 4 heteroatoms. The molecular weight excluding hydrogens is 290 g/mol. The highest BCUT2D eigenvalue weighted by Gasteiger charge is 2.26. The van der Waals surface area contributed by atoms with Crippen molar-refractivity contribution in [3.05, 3.63) is 53.1 Å². The van der Waals surface area contributed by atoms with Crippen LogP contribution in [-0.2, 0) is 17.6 Å². The van der Waals surface area contributed by atoms with E-state index < -0.39 is 0 Å². The number of anilines is 1. The molecule has 0 unspecified atom stereocenters. The Morgan fingerprint density at radius 1 is 1.13 bits per heavy atom. The Morgan fingerprint density at radius 2 is 1.83 bits per heavy atom. The summed E-state index contributed by atoms with van der Waals surface area (Å²) in [5.41, 5.74) is 4.22. The molecule has 0 aliphatic carbocycles. The molecule has 120 valence electrons. The van der Waals surface area contributed by atoms with Crippen molar-refractivity contribution in [1.29, 1.82) is 0 Å². The minimum absolute atomic E-state index is 0.0668. The Kier molecular flexibility index (Phi) is 4.24. The largest absolute Gasteiger partial charge is 0.496 e. The van der Waals surface area contributed by atoms with Gasteiger partial charge in [-0.15, -0.1) is 0 Å². The Bertz CT molecular complexity index is 717. The maximum atomic E-state index is 12.8. The quantitative estimate of drug-likeness (QED) is 0.870. The standard InChI is InChI=1S/C19H21NO3/c1-13-7-8-14-9-10-20(16(14)11-13)19(21)12-15-17(22-2)5-4-6-18(15)23-3/h4-8,11H,9-10,12H2,1-3H3. The molecule has 0 saturated carbocycles. The summed E-state index contributed by atoms with van der Waals surface area (Å²) < 4.78 is 10.8. The number of benzene rings is 2. The lowest BCUT2D eigenvalue weighted by molar-refractivity contribution is -0.117. The molecule has 0 fully saturated rings. The molecule has 23 heavy (non-hydrogen) atoms. The molecule has 1 aliphatic heterocycles. The van der Waals surface area contributed by atoms with Gasteiger partial charge in [0.25, 0.3) is 0 Å². The van der Waals surface area contributed by atoms with Gasteiger partial charge >= 0.3 is 0 Å². The molecule has 3 rings (SSSR count). The fraction of sp³-hybridized carbons (Fsp3) is 0.316. The van der Waals surface area contributed by atoms with Crippen molar-refractivity contribution in [1.82, 2.24) is 0 Å². The summed E-state index contributed by atoms with van der Waals surface area (Å²) in [5.74, 6) is 1.43. The lowest BCUT2D eigenvalue weighted by atomic mass is 10.1. The molecule has 1 heterocycles. The lowest BCUT2D eigenvalue weighted by Gasteiger charge is -2.19. The van der Waals surface area contributed by atoms with Crippen LogP contribution in [0.4, 0.5) is 5.69 Å². The molecule has 0 radical (unpaired) electrons. The molecule has 2 aromatic rings. The van der Waals surface area contributed by atoms with E-state index in [0.717, 1.165) is 24.2 Å². The number of carbonyl (C=O) groups is 1. The smallest absolute Gasteiger partial charge is 0.231 e. The van der Waals surface area contributed by atoms with Crippen LogP contribution in [0.25, 0.3) is 0 Å². The van der Waals surface area contributed by atoms with Gasteiger partial charge in [0.1, 0.15) is 11.5 Å². The second-order valence-corrected chi connectivity index (χ2v) is 5.75. The van der Waals surface area contributed by atoms with E-state index >= 15 is 0 Å². The molecule has 0 aromatic heterocycles. The first-order valence-corrected chi connectivity index (χ1v) is 7.74. The summed E-state index contributed by atoms with van der Waals surface area (Å²) in [5, 5.41) is 0. The van der Waals surface area contributed by atoms with Crippen LogP contribution < -0.4 is 14.4 Å². The number of hydrogen-bond acceptors (Lipinski definition) is 3. The zero-order valence-corrected chi connectivity index (χ0v) is 13.8. The number of ether oxygens (including phenoxy) is 2. The fourth-order valence-electron chi connectivity index (χ4n) is 3.10. The Balaban J connectivity index is 1.89. The average molecular weight is 311 g/mol. The van der Waals surface area contributed by atoms with E-state index in [9.17, 15) is 4.79 Å². The molecule has 2 aromatic carbocycles. The van der Waals surface area contributed by atoms with Gasteiger partial charge in [-0.05, 0) is 42.7 Å². The minimum atomic E-state index is 0.0668. The number of nitrogens with zero attached hydrogens (tertiary/aromatic N) is 1. The highest BCUT2D eigenvalue weighted by atomic mass is 16.5. The third-order valence-electron chi connectivity index (χ3n) is 4.30. The van der Waals surface area contributed by atoms with Crippen LogP contribution in [0.3, 0.4) is 0 Å². The van der Waals surface area contributed by atoms with E-state index in [1.54, 1.807) is 14.2 Å². The molecule has 4 nitrogen and oxygen atoms in total. The Hall–Kier alpha value is -2.49. The molecule has 0 N–H and O–H groups in total. The highest BCUT2D eigenvalue weighted by Crippen LogP contribution is 2.32. The van der Waals surface area contributed by atoms with Crippen LogP contribution in [0.5, 0.6) is 11.5 Å². The normalized spacial score (nSPS) is 12.9. The van der Waals surface area contributed by atoms with Gasteiger partial charge in [0.05, 0.1) is 20.6 Å². The number of aryl methyl sites for hydroxylation is 1. The number of hydrogen-bond donors (Lipinski definition) is 0. The number of carbonyl (C=O) groups excluding carboxylic acids is 1. The van der Waals surface area contributed by atoms with E-state index in [4.69, 9.17) is 9.47 Å². The van der Waals surface area contributed by atoms with Crippen molar-refractivity contribution in [2.24, 2.45) is 0 Å². The zero-order chi connectivity index (χ0) is 16.4. The molecular formula is C19H21NO3. The summed E-state index contributed by atoms with van der Waals surface area (Å²) in [6.07, 6.45) is 1.17. The van der Waals surface area contributed by atoms with E-state index in [2.05, 4.69) is 18.2 Å². The molecule has 0 bridgehead atoms. The van der Waals surface area contributed by atoms with Crippen LogP contribution >= 0.6 is 0 Å². The highest BCUT2D eigenvalue weighted by molar-refractivity contribution is 5.97. The molecule has 1 amide bonds. The van der Waals surface area contributed by atoms with E-state index in [-0.39, 0.29) is 12.3 Å². The number of fused-ring (bicyclic) bond motifs is 1. The Morgan fingerprint density at radius 3 is 2.48 bits per heavy atom. The number of rotatable bonds is 4. The van der Waals surface area contributed by atoms with Gasteiger partial charge in [0, 0.05) is 17.8 Å². The minimum Gasteiger partial charge on any atom is -0.496 e. The van der Waals surface area contributed by atoms with Gasteiger partial charge < -0.3 is 14.4 Å². The number of amides is 1. The van der Waals surface area contributed by atoms with Crippen LogP contribution in [0.15, 0.2) is 36.4 Å². The van der Waals surface area contributed by atoms with Crippen molar-refractivity contribution >= 4 is 11.6 Å². The SMILES string of the molecule is COc1cccc(OC)c1CC(=O)N1CCc2ccc(C)cc21. The lowest BCUT2D eigenvalue weighted by Crippen LogP contribution is -2.30. The second kappa shape index (κ2) is 6.32. The van der Waals surface area contributed by atoms with Gasteiger partial charge in [-0.1, -0.05) is 18.2 Å². The van der Waals surface area contributed by atoms with Crippen molar-refractivity contribution in [2.75, 3.05) is 25.7 Å². The third-order valence-corrected chi connectivity index (χ3v) is 4.30. The van der Waals surface area contributed by atoms with Crippen LogP contribution in [0.1, 0.15) is 16.7 Å². The van der Waals surface area contributed by atoms with Crippen molar-refractivity contribution < 1.29 is 14.3 Å². The maximum absolute atomic E-state index is 12.8. The topological polar surface area (TPSA) is 38.8 Å². The average Bonchev–Trinajstić information content (AvgIpc) is 2.98. The summed E-state index contributed by atoms with van der Waals surface area (Å²) >= 11 is 0. The van der Waals surface area contributed by atoms with Crippen LogP contribution in [0.2, 0.25) is 0 Å². The van der Waals surface area contributed by atoms with E-state index in [1.807, 2.05) is 30.0 Å². The first-order chi connectivity index (χ1) is 11.1. The van der Waals surface area contributed by atoms with Gasteiger partial charge in [0.15, 0.2) is 0 Å². The predicted molar refractivity (Wildman–Crippen MR) is 90.5 cm³/mol. The molecule has 0 saturated heterocycles. The van der Waals surface area contributed by atoms with Gasteiger partial charge in [0.2, 0.25) is 5.91 Å². The summed E-state index contributed by atoms with van der Waals surface area (Å²) in [6, 6.07) is 11.9. The summed E-state index contributed by atoms with van der Waals surface area (Å²) in [4.78, 5) is 14.7. The summed E-state index contributed by atoms with van der Waals surface area (Å²) in [7, 11) is 3.22. The molecule has 0 atom stereocenters. The monoisotopic (exact) mass is 311 g/mol. The first-order valence-electron chi connectivity index (χ1n) is 7.74. The van der Waals surface area contributed by atoms with Gasteiger partial charge in [-0.25, -0.2) is 0 Å². The maximum Gasteiger partial charge on any atom is 0.231 e. The van der Waals surface area contributed by atoms with E-state index in [0.29, 0.717) is 11.5 Å². The third kappa shape index (κ3) is 2.89. The second-order valence-electron chi connectivity index (χ2n) is 5.75. The molecule has 0 spiro atoms. The van der Waals surface area contributed by atoms with Crippen molar-refractivity contribution in [3.63, 3.8) is 0 Å². The van der Waals surface area contributed by atoms with Crippen molar-refractivity contribution in [2.45, 2.75) is 19.8 Å². The number of methoxy groups -OCH3 is 2. The van der Waals surface area contributed by atoms with Crippen molar-refractivity contribution in [3.8, 4) is 11.5 Å². The van der Waals surface area contributed by atoms with Crippen LogP contribution in [-0.4, -0.2) is 26.7 Å². The predicted octanol–water partition coefficient (Wildman–Crippen LogP) is 3.14. The zero-order valence-electron chi connectivity index (χ0n) is 13.8. The van der Waals surface area contributed by atoms with Crippen LogP contribution in [0, 0.1) is 6.92 Å². The first kappa shape index (κ1) is 15.4. The fourth-order valence-corrected chi connectivity index (χ4v) is 3.10. The summed E-state index contributed by atoms with van der Waals surface area (Å²) in [6.45, 7) is 2.78. The van der Waals surface area contributed by atoms with Gasteiger partial charge in [-0.3, -0.25) is 4.79 Å². The van der Waals surface area contributed by atoms with Gasteiger partial charge in [-0.2, -0.15) is 0 Å². The molecule has 1 aliphatic rings. The van der Waals surface area contributed by atoms with E-state index in [1.165, 1.54) is 11.1 Å².